The molecule has 2 unspecified atom stereocenters. The molecule has 0 aliphatic heterocycles. The van der Waals surface area contributed by atoms with Crippen molar-refractivity contribution in [1.82, 2.24) is 15.1 Å². The van der Waals surface area contributed by atoms with Gasteiger partial charge in [-0.05, 0) is 30.4 Å². The van der Waals surface area contributed by atoms with Crippen LogP contribution in [0.1, 0.15) is 32.9 Å². The van der Waals surface area contributed by atoms with Crippen molar-refractivity contribution in [3.8, 4) is 0 Å². The highest BCUT2D eigenvalue weighted by molar-refractivity contribution is 5.81. The summed E-state index contributed by atoms with van der Waals surface area (Å²) in [4.78, 5) is 0. The van der Waals surface area contributed by atoms with Gasteiger partial charge in [-0.15, -0.1) is 0 Å². The monoisotopic (exact) mass is 271 g/mol. The molecule has 3 nitrogen and oxygen atoms in total. The molecule has 2 atom stereocenters. The molecule has 1 aliphatic rings. The lowest BCUT2D eigenvalue weighted by molar-refractivity contribution is 0.406. The van der Waals surface area contributed by atoms with Crippen LogP contribution in [0.2, 0.25) is 0 Å². The summed E-state index contributed by atoms with van der Waals surface area (Å²) in [6, 6.07) is 9.08. The maximum Gasteiger partial charge on any atom is 0.0718 e. The second-order valence-electron chi connectivity index (χ2n) is 6.75. The molecule has 0 saturated heterocycles. The van der Waals surface area contributed by atoms with Gasteiger partial charge in [0.05, 0.1) is 11.2 Å². The lowest BCUT2D eigenvalue weighted by atomic mass is 9.98. The van der Waals surface area contributed by atoms with E-state index in [1.54, 1.807) is 0 Å². The highest BCUT2D eigenvalue weighted by Gasteiger charge is 2.49. The number of rotatable bonds is 5. The second-order valence-corrected chi connectivity index (χ2v) is 6.75. The summed E-state index contributed by atoms with van der Waals surface area (Å²) < 4.78 is 2.01. The molecule has 3 rings (SSSR count). The largest absolute Gasteiger partial charge is 0.314 e. The molecule has 1 heterocycles. The summed E-state index contributed by atoms with van der Waals surface area (Å²) in [5.41, 5.74) is 2.96. The minimum atomic E-state index is 0.497. The molecular formula is C17H25N3. The summed E-state index contributed by atoms with van der Waals surface area (Å²) in [6.45, 7) is 7.97. The van der Waals surface area contributed by atoms with Crippen molar-refractivity contribution in [3.63, 3.8) is 0 Å². The molecule has 1 aliphatic carbocycles. The lowest BCUT2D eigenvalue weighted by Crippen LogP contribution is -2.34. The highest BCUT2D eigenvalue weighted by atomic mass is 15.3. The molecule has 1 fully saturated rings. The van der Waals surface area contributed by atoms with Gasteiger partial charge in [0.15, 0.2) is 0 Å². The lowest BCUT2D eigenvalue weighted by Gasteiger charge is -2.18. The van der Waals surface area contributed by atoms with E-state index in [0.717, 1.165) is 18.9 Å². The summed E-state index contributed by atoms with van der Waals surface area (Å²) in [5, 5.41) is 9.72. The van der Waals surface area contributed by atoms with Gasteiger partial charge >= 0.3 is 0 Å². The van der Waals surface area contributed by atoms with E-state index in [-0.39, 0.29) is 0 Å². The second kappa shape index (κ2) is 4.88. The number of aromatic nitrogens is 2. The van der Waals surface area contributed by atoms with E-state index in [4.69, 9.17) is 5.10 Å². The van der Waals surface area contributed by atoms with Crippen molar-refractivity contribution >= 4 is 10.9 Å². The maximum atomic E-state index is 4.75. The number of fused-ring (bicyclic) bond motifs is 1. The van der Waals surface area contributed by atoms with Crippen molar-refractivity contribution in [2.75, 3.05) is 6.54 Å². The normalized spacial score (nSPS) is 22.1. The number of nitrogens with zero attached hydrogens (tertiary/aromatic N) is 2. The first-order chi connectivity index (χ1) is 9.53. The van der Waals surface area contributed by atoms with Crippen LogP contribution < -0.4 is 5.32 Å². The van der Waals surface area contributed by atoms with Crippen molar-refractivity contribution in [2.45, 2.75) is 39.7 Å². The molecule has 1 aromatic carbocycles. The topological polar surface area (TPSA) is 29.9 Å². The van der Waals surface area contributed by atoms with Crippen molar-refractivity contribution in [2.24, 2.45) is 18.4 Å². The summed E-state index contributed by atoms with van der Waals surface area (Å²) in [6.07, 6.45) is 2.36. The SMILES string of the molecule is CCNC(Cc1nn(C)c2ccccc12)C1CC1(C)C. The number of aryl methyl sites for hydroxylation is 1. The molecule has 2 aromatic rings. The molecule has 0 bridgehead atoms. The molecular weight excluding hydrogens is 246 g/mol. The Hall–Kier alpha value is -1.35. The molecule has 20 heavy (non-hydrogen) atoms. The van der Waals surface area contributed by atoms with Crippen LogP contribution in [0.25, 0.3) is 10.9 Å². The maximum absolute atomic E-state index is 4.75. The zero-order valence-electron chi connectivity index (χ0n) is 13.0. The van der Waals surface area contributed by atoms with Crippen molar-refractivity contribution in [3.05, 3.63) is 30.0 Å². The van der Waals surface area contributed by atoms with E-state index in [1.807, 2.05) is 11.7 Å². The zero-order valence-corrected chi connectivity index (χ0v) is 13.0. The number of para-hydroxylation sites is 1. The molecule has 0 spiro atoms. The van der Waals surface area contributed by atoms with Crippen LogP contribution in [0.5, 0.6) is 0 Å². The molecule has 3 heteroatoms. The van der Waals surface area contributed by atoms with E-state index in [0.29, 0.717) is 11.5 Å². The van der Waals surface area contributed by atoms with Gasteiger partial charge in [0.2, 0.25) is 0 Å². The van der Waals surface area contributed by atoms with Crippen LogP contribution in [-0.4, -0.2) is 22.4 Å². The summed E-state index contributed by atoms with van der Waals surface area (Å²) >= 11 is 0. The van der Waals surface area contributed by atoms with Gasteiger partial charge in [-0.2, -0.15) is 5.10 Å². The Balaban J connectivity index is 1.87. The van der Waals surface area contributed by atoms with Gasteiger partial charge < -0.3 is 5.32 Å². The van der Waals surface area contributed by atoms with E-state index in [2.05, 4.69) is 50.4 Å². The summed E-state index contributed by atoms with van der Waals surface area (Å²) in [7, 11) is 2.04. The highest BCUT2D eigenvalue weighted by Crippen LogP contribution is 2.54. The van der Waals surface area contributed by atoms with Gasteiger partial charge in [0.25, 0.3) is 0 Å². The zero-order chi connectivity index (χ0) is 14.3. The minimum Gasteiger partial charge on any atom is -0.314 e. The van der Waals surface area contributed by atoms with E-state index < -0.39 is 0 Å². The first-order valence-corrected chi connectivity index (χ1v) is 7.67. The molecule has 1 N–H and O–H groups in total. The van der Waals surface area contributed by atoms with Gasteiger partial charge in [0, 0.05) is 24.9 Å². The Labute approximate surface area is 121 Å². The Morgan fingerprint density at radius 1 is 1.40 bits per heavy atom. The molecule has 1 saturated carbocycles. The minimum absolute atomic E-state index is 0.497. The molecule has 0 radical (unpaired) electrons. The average molecular weight is 271 g/mol. The predicted octanol–water partition coefficient (Wildman–Crippen LogP) is 3.14. The van der Waals surface area contributed by atoms with Crippen LogP contribution in [0.4, 0.5) is 0 Å². The summed E-state index contributed by atoms with van der Waals surface area (Å²) in [5.74, 6) is 0.781. The fraction of sp³-hybridized carbons (Fsp3) is 0.588. The first kappa shape index (κ1) is 13.6. The van der Waals surface area contributed by atoms with Gasteiger partial charge in [-0.3, -0.25) is 4.68 Å². The molecule has 0 amide bonds. The van der Waals surface area contributed by atoms with E-state index >= 15 is 0 Å². The third-order valence-corrected chi connectivity index (χ3v) is 4.79. The van der Waals surface area contributed by atoms with Crippen LogP contribution in [0.3, 0.4) is 0 Å². The Kier molecular flexibility index (Phi) is 3.33. The number of hydrogen-bond donors (Lipinski definition) is 1. The van der Waals surface area contributed by atoms with Crippen LogP contribution in [0.15, 0.2) is 24.3 Å². The first-order valence-electron chi connectivity index (χ1n) is 7.67. The van der Waals surface area contributed by atoms with Crippen molar-refractivity contribution < 1.29 is 0 Å². The molecule has 108 valence electrons. The van der Waals surface area contributed by atoms with Gasteiger partial charge in [0.1, 0.15) is 0 Å². The predicted molar refractivity (Wildman–Crippen MR) is 83.8 cm³/mol. The van der Waals surface area contributed by atoms with E-state index in [1.165, 1.54) is 23.0 Å². The Morgan fingerprint density at radius 2 is 2.10 bits per heavy atom. The third-order valence-electron chi connectivity index (χ3n) is 4.79. The van der Waals surface area contributed by atoms with Gasteiger partial charge in [-0.1, -0.05) is 39.0 Å². The fourth-order valence-corrected chi connectivity index (χ4v) is 3.46. The van der Waals surface area contributed by atoms with Crippen LogP contribution in [-0.2, 0) is 13.5 Å². The quantitative estimate of drug-likeness (QED) is 0.905. The van der Waals surface area contributed by atoms with E-state index in [9.17, 15) is 0 Å². The number of nitrogens with one attached hydrogen (secondary N) is 1. The van der Waals surface area contributed by atoms with Crippen molar-refractivity contribution in [1.29, 1.82) is 0 Å². The number of hydrogen-bond acceptors (Lipinski definition) is 2. The fourth-order valence-electron chi connectivity index (χ4n) is 3.46. The number of benzene rings is 1. The van der Waals surface area contributed by atoms with Crippen LogP contribution in [0, 0.1) is 11.3 Å². The average Bonchev–Trinajstić information content (AvgIpc) is 2.94. The third kappa shape index (κ3) is 2.35. The van der Waals surface area contributed by atoms with Crippen LogP contribution >= 0.6 is 0 Å². The standard InChI is InChI=1S/C17H25N3/c1-5-18-15(13-11-17(13,2)3)10-14-12-8-6-7-9-16(12)20(4)19-14/h6-9,13,15,18H,5,10-11H2,1-4H3. The number of likely N-dealkylation sites (N-methyl/N-ethyl adjacent to an activating group) is 1. The Bertz CT molecular complexity index is 612. The van der Waals surface area contributed by atoms with Gasteiger partial charge in [-0.25, -0.2) is 0 Å². The Morgan fingerprint density at radius 3 is 2.75 bits per heavy atom. The smallest absolute Gasteiger partial charge is 0.0718 e. The molecule has 1 aromatic heterocycles.